The minimum Gasteiger partial charge on any atom is -0.486 e. The van der Waals surface area contributed by atoms with Gasteiger partial charge < -0.3 is 19.1 Å². The Morgan fingerprint density at radius 2 is 2.00 bits per heavy atom. The molecular formula is C13H10BrNO5. The molecule has 0 atom stereocenters. The third-order valence-electron chi connectivity index (χ3n) is 3.01. The van der Waals surface area contributed by atoms with Gasteiger partial charge in [-0.15, -0.1) is 0 Å². The molecular weight excluding hydrogens is 330 g/mol. The molecule has 7 heteroatoms. The molecule has 0 saturated heterocycles. The minimum atomic E-state index is -1.13. The van der Waals surface area contributed by atoms with Gasteiger partial charge in [0, 0.05) is 17.2 Å². The quantitative estimate of drug-likeness (QED) is 0.905. The van der Waals surface area contributed by atoms with Crippen LogP contribution in [0.3, 0.4) is 0 Å². The van der Waals surface area contributed by atoms with Crippen molar-refractivity contribution >= 4 is 21.9 Å². The molecule has 0 saturated carbocycles. The molecule has 6 nitrogen and oxygen atoms in total. The van der Waals surface area contributed by atoms with Crippen molar-refractivity contribution in [2.75, 3.05) is 13.2 Å². The Kier molecular flexibility index (Phi) is 3.13. The minimum absolute atomic E-state index is 0.134. The van der Waals surface area contributed by atoms with Crippen LogP contribution in [0.25, 0.3) is 11.3 Å². The molecule has 0 bridgehead atoms. The molecule has 20 heavy (non-hydrogen) atoms. The van der Waals surface area contributed by atoms with Crippen molar-refractivity contribution in [3.8, 4) is 22.8 Å². The highest BCUT2D eigenvalue weighted by Crippen LogP contribution is 2.44. The first-order valence-corrected chi connectivity index (χ1v) is 6.66. The van der Waals surface area contributed by atoms with Crippen molar-refractivity contribution in [1.29, 1.82) is 0 Å². The number of benzene rings is 1. The van der Waals surface area contributed by atoms with E-state index in [1.165, 1.54) is 6.07 Å². The summed E-state index contributed by atoms with van der Waals surface area (Å²) in [6, 6.07) is 3.18. The molecule has 0 aliphatic carbocycles. The lowest BCUT2D eigenvalue weighted by atomic mass is 10.0. The molecule has 1 aromatic carbocycles. The summed E-state index contributed by atoms with van der Waals surface area (Å²) in [5.41, 5.74) is 1.39. The van der Waals surface area contributed by atoms with Crippen molar-refractivity contribution in [3.63, 3.8) is 0 Å². The van der Waals surface area contributed by atoms with Crippen LogP contribution in [0.1, 0.15) is 16.1 Å². The maximum Gasteiger partial charge on any atom is 0.358 e. The Morgan fingerprint density at radius 1 is 1.30 bits per heavy atom. The van der Waals surface area contributed by atoms with Crippen LogP contribution in [0.2, 0.25) is 0 Å². The molecule has 1 aromatic heterocycles. The van der Waals surface area contributed by atoms with E-state index in [4.69, 9.17) is 19.1 Å². The van der Waals surface area contributed by atoms with Crippen LogP contribution in [0, 0.1) is 6.92 Å². The fourth-order valence-corrected chi connectivity index (χ4v) is 2.58. The first kappa shape index (κ1) is 13.0. The van der Waals surface area contributed by atoms with Crippen LogP contribution in [0.5, 0.6) is 11.5 Å². The Hall–Kier alpha value is -2.02. The normalized spacial score (nSPS) is 13.3. The average molecular weight is 340 g/mol. The Bertz CT molecular complexity index is 694. The molecule has 0 spiro atoms. The van der Waals surface area contributed by atoms with Crippen LogP contribution in [0.15, 0.2) is 21.1 Å². The standard InChI is InChI=1S/C13H10BrNO5/c1-6-7(10-5-9(13(16)17)15-20-10)4-8(14)12-11(6)18-2-3-19-12/h4-5H,2-3H2,1H3,(H,16,17). The number of hydrogen-bond donors (Lipinski definition) is 1. The van der Waals surface area contributed by atoms with Gasteiger partial charge in [-0.3, -0.25) is 0 Å². The fourth-order valence-electron chi connectivity index (χ4n) is 2.06. The summed E-state index contributed by atoms with van der Waals surface area (Å²) in [4.78, 5) is 10.9. The zero-order chi connectivity index (χ0) is 14.3. The lowest BCUT2D eigenvalue weighted by molar-refractivity contribution is 0.0686. The van der Waals surface area contributed by atoms with E-state index in [1.54, 1.807) is 6.07 Å². The highest BCUT2D eigenvalue weighted by Gasteiger charge is 2.23. The first-order valence-electron chi connectivity index (χ1n) is 5.87. The number of carboxylic acids is 1. The summed E-state index contributed by atoms with van der Waals surface area (Å²) in [7, 11) is 0. The van der Waals surface area contributed by atoms with Crippen molar-refractivity contribution in [2.24, 2.45) is 0 Å². The van der Waals surface area contributed by atoms with Crippen LogP contribution < -0.4 is 9.47 Å². The van der Waals surface area contributed by atoms with Crippen molar-refractivity contribution in [3.05, 3.63) is 27.9 Å². The summed E-state index contributed by atoms with van der Waals surface area (Å²) >= 11 is 3.42. The van der Waals surface area contributed by atoms with E-state index in [9.17, 15) is 4.79 Å². The lowest BCUT2D eigenvalue weighted by Gasteiger charge is -2.22. The van der Waals surface area contributed by atoms with Gasteiger partial charge in [-0.2, -0.15) is 0 Å². The molecule has 104 valence electrons. The van der Waals surface area contributed by atoms with E-state index in [-0.39, 0.29) is 5.69 Å². The number of aromatic nitrogens is 1. The third kappa shape index (κ3) is 2.03. The smallest absolute Gasteiger partial charge is 0.358 e. The fraction of sp³-hybridized carbons (Fsp3) is 0.231. The SMILES string of the molecule is Cc1c(-c2cc(C(=O)O)no2)cc(Br)c2c1OCCO2. The number of fused-ring (bicyclic) bond motifs is 1. The highest BCUT2D eigenvalue weighted by molar-refractivity contribution is 9.10. The monoisotopic (exact) mass is 339 g/mol. The van der Waals surface area contributed by atoms with Gasteiger partial charge in [0.2, 0.25) is 0 Å². The van der Waals surface area contributed by atoms with Crippen LogP contribution >= 0.6 is 15.9 Å². The van der Waals surface area contributed by atoms with Gasteiger partial charge in [-0.1, -0.05) is 5.16 Å². The number of halogens is 1. The lowest BCUT2D eigenvalue weighted by Crippen LogP contribution is -2.16. The molecule has 1 aliphatic heterocycles. The van der Waals surface area contributed by atoms with Gasteiger partial charge in [0.05, 0.1) is 4.47 Å². The summed E-state index contributed by atoms with van der Waals surface area (Å²) in [6.07, 6.45) is 0. The number of carboxylic acid groups (broad SMARTS) is 1. The van der Waals surface area contributed by atoms with Crippen LogP contribution in [-0.4, -0.2) is 29.4 Å². The highest BCUT2D eigenvalue weighted by atomic mass is 79.9. The molecule has 3 rings (SSSR count). The van der Waals surface area contributed by atoms with E-state index in [0.29, 0.717) is 36.0 Å². The number of nitrogens with zero attached hydrogens (tertiary/aromatic N) is 1. The molecule has 0 amide bonds. The second kappa shape index (κ2) is 4.82. The van der Waals surface area contributed by atoms with Crippen molar-refractivity contribution in [1.82, 2.24) is 5.16 Å². The van der Waals surface area contributed by atoms with Gasteiger partial charge >= 0.3 is 5.97 Å². The average Bonchev–Trinajstić information content (AvgIpc) is 2.93. The summed E-state index contributed by atoms with van der Waals surface area (Å²) in [5.74, 6) is 0.524. The Morgan fingerprint density at radius 3 is 2.65 bits per heavy atom. The molecule has 0 fully saturated rings. The second-order valence-corrected chi connectivity index (χ2v) is 5.12. The maximum atomic E-state index is 10.9. The third-order valence-corrected chi connectivity index (χ3v) is 3.60. The molecule has 1 N–H and O–H groups in total. The Balaban J connectivity index is 2.13. The predicted molar refractivity (Wildman–Crippen MR) is 72.3 cm³/mol. The van der Waals surface area contributed by atoms with Crippen molar-refractivity contribution in [2.45, 2.75) is 6.92 Å². The van der Waals surface area contributed by atoms with Gasteiger partial charge in [-0.05, 0) is 28.9 Å². The molecule has 0 radical (unpaired) electrons. The second-order valence-electron chi connectivity index (χ2n) is 4.27. The topological polar surface area (TPSA) is 81.8 Å². The largest absolute Gasteiger partial charge is 0.486 e. The van der Waals surface area contributed by atoms with Gasteiger partial charge in [0.15, 0.2) is 23.0 Å². The number of hydrogen-bond acceptors (Lipinski definition) is 5. The van der Waals surface area contributed by atoms with Gasteiger partial charge in [0.25, 0.3) is 0 Å². The van der Waals surface area contributed by atoms with E-state index >= 15 is 0 Å². The number of ether oxygens (including phenoxy) is 2. The summed E-state index contributed by atoms with van der Waals surface area (Å²) in [6.45, 7) is 2.83. The van der Waals surface area contributed by atoms with E-state index in [2.05, 4.69) is 21.1 Å². The predicted octanol–water partition coefficient (Wildman–Crippen LogP) is 2.88. The summed E-state index contributed by atoms with van der Waals surface area (Å²) in [5, 5.41) is 12.4. The van der Waals surface area contributed by atoms with E-state index < -0.39 is 5.97 Å². The number of carbonyl (C=O) groups is 1. The van der Waals surface area contributed by atoms with Gasteiger partial charge in [-0.25, -0.2) is 4.79 Å². The zero-order valence-electron chi connectivity index (χ0n) is 10.5. The van der Waals surface area contributed by atoms with E-state index in [0.717, 1.165) is 10.0 Å². The molecule has 2 heterocycles. The molecule has 1 aliphatic rings. The maximum absolute atomic E-state index is 10.9. The van der Waals surface area contributed by atoms with Gasteiger partial charge in [0.1, 0.15) is 13.2 Å². The number of rotatable bonds is 2. The molecule has 2 aromatic rings. The van der Waals surface area contributed by atoms with E-state index in [1.807, 2.05) is 6.92 Å². The zero-order valence-corrected chi connectivity index (χ0v) is 12.1. The Labute approximate surface area is 122 Å². The molecule has 0 unspecified atom stereocenters. The first-order chi connectivity index (χ1) is 9.58. The van der Waals surface area contributed by atoms with Crippen LogP contribution in [-0.2, 0) is 0 Å². The van der Waals surface area contributed by atoms with Crippen molar-refractivity contribution < 1.29 is 23.9 Å². The summed E-state index contributed by atoms with van der Waals surface area (Å²) < 4.78 is 17.0. The van der Waals surface area contributed by atoms with Crippen LogP contribution in [0.4, 0.5) is 0 Å². The number of aromatic carboxylic acids is 1.